The van der Waals surface area contributed by atoms with Crippen LogP contribution in [0, 0.1) is 0 Å². The lowest BCUT2D eigenvalue weighted by atomic mass is 10.0. The van der Waals surface area contributed by atoms with Gasteiger partial charge in [-0.05, 0) is 41.5 Å². The summed E-state index contributed by atoms with van der Waals surface area (Å²) in [5.41, 5.74) is 4.61. The number of hydrogen-bond donors (Lipinski definition) is 0. The maximum atomic E-state index is 13.5. The number of carbonyl (C=O) groups is 2. The van der Waals surface area contributed by atoms with Gasteiger partial charge in [-0.15, -0.1) is 0 Å². The Kier molecular flexibility index (Phi) is 8.56. The van der Waals surface area contributed by atoms with E-state index >= 15 is 0 Å². The van der Waals surface area contributed by atoms with Crippen LogP contribution in [0.25, 0.3) is 11.1 Å². The monoisotopic (exact) mass is 577 g/mol. The number of rotatable bonds is 8. The summed E-state index contributed by atoms with van der Waals surface area (Å²) in [4.78, 5) is 37.1. The minimum Gasteiger partial charge on any atom is -0.389 e. The van der Waals surface area contributed by atoms with Gasteiger partial charge in [-0.1, -0.05) is 84.9 Å². The van der Waals surface area contributed by atoms with Crippen molar-refractivity contribution in [3.8, 4) is 17.0 Å². The Morgan fingerprint density at radius 2 is 1.56 bits per heavy atom. The van der Waals surface area contributed by atoms with E-state index in [0.29, 0.717) is 11.7 Å². The van der Waals surface area contributed by atoms with Crippen LogP contribution in [-0.4, -0.2) is 64.6 Å². The minimum atomic E-state index is -0.419. The molecular weight excluding hydrogens is 538 g/mol. The molecule has 2 aliphatic rings. The minimum absolute atomic E-state index is 0.0423. The number of likely N-dealkylation sites (tertiary alicyclic amines) is 1. The molecule has 1 atom stereocenters. The lowest BCUT2D eigenvalue weighted by molar-refractivity contribution is -0.117. The fraction of sp³-hybridized carbons (Fsp3) is 0.343. The van der Waals surface area contributed by atoms with Crippen LogP contribution in [0.3, 0.4) is 0 Å². The molecular formula is C35H39N5O3. The molecule has 3 aromatic carbocycles. The highest BCUT2D eigenvalue weighted by Gasteiger charge is 2.33. The van der Waals surface area contributed by atoms with E-state index in [0.717, 1.165) is 63.3 Å². The topological polar surface area (TPSA) is 70.9 Å². The number of amides is 2. The van der Waals surface area contributed by atoms with Gasteiger partial charge in [0.25, 0.3) is 0 Å². The molecule has 1 saturated heterocycles. The maximum Gasteiger partial charge on any atom is 0.416 e. The molecule has 1 unspecified atom stereocenters. The van der Waals surface area contributed by atoms with Crippen LogP contribution in [-0.2, 0) is 30.7 Å². The highest BCUT2D eigenvalue weighted by Crippen LogP contribution is 2.33. The van der Waals surface area contributed by atoms with Crippen LogP contribution in [0.15, 0.2) is 84.9 Å². The number of fused-ring (bicyclic) bond motifs is 1. The Morgan fingerprint density at radius 3 is 2.30 bits per heavy atom. The van der Waals surface area contributed by atoms with Gasteiger partial charge in [-0.2, -0.15) is 0 Å². The zero-order valence-corrected chi connectivity index (χ0v) is 25.0. The molecule has 0 saturated carbocycles. The van der Waals surface area contributed by atoms with Crippen molar-refractivity contribution in [2.45, 2.75) is 51.2 Å². The normalized spacial score (nSPS) is 16.5. The lowest BCUT2D eigenvalue weighted by Crippen LogP contribution is -2.41. The Balaban J connectivity index is 1.10. The quantitative estimate of drug-likeness (QED) is 0.265. The summed E-state index contributed by atoms with van der Waals surface area (Å²) in [6.07, 6.45) is 3.51. The van der Waals surface area contributed by atoms with Crippen LogP contribution in [0.5, 0.6) is 5.88 Å². The highest BCUT2D eigenvalue weighted by molar-refractivity contribution is 5.95. The van der Waals surface area contributed by atoms with Gasteiger partial charge in [0.15, 0.2) is 5.82 Å². The molecule has 8 heteroatoms. The number of ether oxygens (including phenoxy) is 1. The lowest BCUT2D eigenvalue weighted by Gasteiger charge is -2.25. The van der Waals surface area contributed by atoms with Gasteiger partial charge in [0.05, 0.1) is 6.42 Å². The van der Waals surface area contributed by atoms with Crippen molar-refractivity contribution in [2.24, 2.45) is 0 Å². The van der Waals surface area contributed by atoms with E-state index in [1.165, 1.54) is 21.6 Å². The Morgan fingerprint density at radius 1 is 0.860 bits per heavy atom. The molecule has 3 heterocycles. The van der Waals surface area contributed by atoms with E-state index in [9.17, 15) is 9.59 Å². The second-order valence-electron chi connectivity index (χ2n) is 11.6. The number of imidazole rings is 1. The molecule has 0 N–H and O–H groups in total. The number of benzene rings is 3. The van der Waals surface area contributed by atoms with Crippen LogP contribution < -0.4 is 9.64 Å². The van der Waals surface area contributed by atoms with E-state index in [-0.39, 0.29) is 18.4 Å². The van der Waals surface area contributed by atoms with E-state index in [2.05, 4.69) is 53.4 Å². The number of anilines is 1. The van der Waals surface area contributed by atoms with E-state index in [1.807, 2.05) is 48.0 Å². The number of aromatic nitrogens is 2. The predicted octanol–water partition coefficient (Wildman–Crippen LogP) is 5.80. The predicted molar refractivity (Wildman–Crippen MR) is 168 cm³/mol. The van der Waals surface area contributed by atoms with Crippen LogP contribution in [0.2, 0.25) is 0 Å². The van der Waals surface area contributed by atoms with Gasteiger partial charge in [0.2, 0.25) is 11.8 Å². The average molecular weight is 578 g/mol. The second kappa shape index (κ2) is 12.8. The summed E-state index contributed by atoms with van der Waals surface area (Å²) < 4.78 is 8.03. The highest BCUT2D eigenvalue weighted by atomic mass is 16.6. The molecule has 43 heavy (non-hydrogen) atoms. The fourth-order valence-electron chi connectivity index (χ4n) is 6.04. The van der Waals surface area contributed by atoms with Gasteiger partial charge in [0.1, 0.15) is 5.82 Å². The van der Waals surface area contributed by atoms with Crippen molar-refractivity contribution in [3.63, 3.8) is 0 Å². The molecule has 2 amide bonds. The molecule has 0 aliphatic carbocycles. The molecule has 222 valence electrons. The molecule has 0 spiro atoms. The number of aryl methyl sites for hydroxylation is 1. The molecule has 2 aliphatic heterocycles. The van der Waals surface area contributed by atoms with E-state index < -0.39 is 6.09 Å². The molecule has 4 aromatic rings. The molecule has 0 bridgehead atoms. The summed E-state index contributed by atoms with van der Waals surface area (Å²) in [6.45, 7) is 3.24. The van der Waals surface area contributed by atoms with E-state index in [4.69, 9.17) is 9.72 Å². The first kappa shape index (κ1) is 28.7. The molecule has 6 rings (SSSR count). The first-order chi connectivity index (χ1) is 21.0. The van der Waals surface area contributed by atoms with Gasteiger partial charge < -0.3 is 9.64 Å². The molecule has 1 aromatic heterocycles. The fourth-order valence-corrected chi connectivity index (χ4v) is 6.04. The first-order valence-electron chi connectivity index (χ1n) is 15.2. The van der Waals surface area contributed by atoms with Gasteiger partial charge in [-0.3, -0.25) is 19.2 Å². The molecule has 8 nitrogen and oxygen atoms in total. The van der Waals surface area contributed by atoms with E-state index in [1.54, 1.807) is 11.9 Å². The van der Waals surface area contributed by atoms with Gasteiger partial charge >= 0.3 is 6.09 Å². The summed E-state index contributed by atoms with van der Waals surface area (Å²) in [5.74, 6) is 1.53. The zero-order chi connectivity index (χ0) is 29.8. The first-order valence-corrected chi connectivity index (χ1v) is 15.2. The zero-order valence-electron chi connectivity index (χ0n) is 25.0. The largest absolute Gasteiger partial charge is 0.416 e. The third kappa shape index (κ3) is 6.49. The number of nitrogens with zero attached hydrogens (tertiary/aromatic N) is 5. The third-order valence-electron chi connectivity index (χ3n) is 8.64. The van der Waals surface area contributed by atoms with Crippen molar-refractivity contribution in [1.82, 2.24) is 19.4 Å². The Bertz CT molecular complexity index is 1550. The van der Waals surface area contributed by atoms with Crippen molar-refractivity contribution >= 4 is 17.8 Å². The standard InChI is InChI=1S/C35H39N5O3/c1-37(30-20-22-39(25-30)24-27-16-18-29(19-17-27)28-13-7-4-8-14-28)35(42)43-34-33(36-31-15-9-10-21-40(31)34)38(2)32(41)23-26-11-5-3-6-12-26/h3-8,11-14,16-19,30H,9-10,15,20-25H2,1-2H3. The summed E-state index contributed by atoms with van der Waals surface area (Å²) in [7, 11) is 3.52. The van der Waals surface area contributed by atoms with Crippen molar-refractivity contribution in [3.05, 3.63) is 102 Å². The van der Waals surface area contributed by atoms with Crippen LogP contribution in [0.1, 0.15) is 36.2 Å². The molecule has 0 radical (unpaired) electrons. The second-order valence-corrected chi connectivity index (χ2v) is 11.6. The van der Waals surface area contributed by atoms with Crippen molar-refractivity contribution in [1.29, 1.82) is 0 Å². The number of hydrogen-bond acceptors (Lipinski definition) is 5. The summed E-state index contributed by atoms with van der Waals surface area (Å²) >= 11 is 0. The third-order valence-corrected chi connectivity index (χ3v) is 8.64. The smallest absolute Gasteiger partial charge is 0.389 e. The van der Waals surface area contributed by atoms with Gasteiger partial charge in [0, 0.05) is 52.7 Å². The van der Waals surface area contributed by atoms with Gasteiger partial charge in [-0.25, -0.2) is 9.78 Å². The SMILES string of the molecule is CN(C(=O)Cc1ccccc1)c1nc2n(c1OC(=O)N(C)C1CCN(Cc3ccc(-c4ccccc4)cc3)C1)CCCC2. The summed E-state index contributed by atoms with van der Waals surface area (Å²) in [6, 6.07) is 28.8. The summed E-state index contributed by atoms with van der Waals surface area (Å²) in [5, 5.41) is 0. The average Bonchev–Trinajstić information content (AvgIpc) is 3.66. The maximum absolute atomic E-state index is 13.5. The van der Waals surface area contributed by atoms with Crippen LogP contribution >= 0.6 is 0 Å². The Hall–Kier alpha value is -4.43. The number of carbonyl (C=O) groups excluding carboxylic acids is 2. The Labute approximate surface area is 253 Å². The van der Waals surface area contributed by atoms with Crippen molar-refractivity contribution in [2.75, 3.05) is 32.1 Å². The van der Waals surface area contributed by atoms with Crippen LogP contribution in [0.4, 0.5) is 10.6 Å². The molecule has 1 fully saturated rings. The van der Waals surface area contributed by atoms with Crippen molar-refractivity contribution < 1.29 is 14.3 Å². The number of likely N-dealkylation sites (N-methyl/N-ethyl adjacent to an activating group) is 2.